The van der Waals surface area contributed by atoms with E-state index in [2.05, 4.69) is 10.4 Å². The van der Waals surface area contributed by atoms with E-state index in [9.17, 15) is 4.39 Å². The first-order chi connectivity index (χ1) is 8.65. The molecule has 94 valence electrons. The van der Waals surface area contributed by atoms with E-state index in [1.54, 1.807) is 30.5 Å². The molecule has 5 N–H and O–H groups in total. The number of nitrogens with zero attached hydrogens (tertiary/aromatic N) is 1. The Hall–Kier alpha value is -1.69. The highest BCUT2D eigenvalue weighted by Crippen LogP contribution is 2.29. The van der Waals surface area contributed by atoms with Crippen molar-refractivity contribution in [3.05, 3.63) is 58.5 Å². The van der Waals surface area contributed by atoms with Crippen LogP contribution in [0, 0.1) is 5.82 Å². The number of pyridine rings is 1. The van der Waals surface area contributed by atoms with Crippen molar-refractivity contribution in [2.24, 2.45) is 5.84 Å². The summed E-state index contributed by atoms with van der Waals surface area (Å²) in [4.78, 5) is 3.95. The molecule has 18 heavy (non-hydrogen) atoms. The molecule has 2 rings (SSSR count). The van der Waals surface area contributed by atoms with Gasteiger partial charge in [0.25, 0.3) is 0 Å². The van der Waals surface area contributed by atoms with Crippen LogP contribution in [0.25, 0.3) is 0 Å². The summed E-state index contributed by atoms with van der Waals surface area (Å²) in [5, 5.41) is 0.0372. The Labute approximate surface area is 109 Å². The SMILES string of the molecule is NNC(c1cccnc1N)c1cccc(Cl)c1F. The topological polar surface area (TPSA) is 77.0 Å². The molecule has 0 amide bonds. The number of rotatable bonds is 3. The van der Waals surface area contributed by atoms with Crippen molar-refractivity contribution >= 4 is 17.4 Å². The molecule has 1 aromatic carbocycles. The van der Waals surface area contributed by atoms with E-state index in [0.29, 0.717) is 16.9 Å². The molecular formula is C12H12ClFN4. The van der Waals surface area contributed by atoms with Crippen LogP contribution in [-0.4, -0.2) is 4.98 Å². The third-order valence-electron chi connectivity index (χ3n) is 2.64. The minimum absolute atomic E-state index is 0.0372. The standard InChI is InChI=1S/C12H12ClFN4/c13-9-5-1-3-7(10(9)14)11(18-16)8-4-2-6-17-12(8)15/h1-6,11,18H,16H2,(H2,15,17). The predicted octanol–water partition coefficient (Wildman–Crippen LogP) is 2.01. The summed E-state index contributed by atoms with van der Waals surface area (Å²) in [6, 6.07) is 7.56. The molecule has 2 aromatic rings. The number of benzene rings is 1. The van der Waals surface area contributed by atoms with Crippen molar-refractivity contribution in [2.45, 2.75) is 6.04 Å². The zero-order valence-electron chi connectivity index (χ0n) is 9.40. The van der Waals surface area contributed by atoms with E-state index in [-0.39, 0.29) is 5.02 Å². The molecule has 6 heteroatoms. The van der Waals surface area contributed by atoms with Gasteiger partial charge in [0.2, 0.25) is 0 Å². The second-order valence-electron chi connectivity index (χ2n) is 3.72. The third kappa shape index (κ3) is 2.28. The molecule has 0 saturated heterocycles. The summed E-state index contributed by atoms with van der Waals surface area (Å²) in [5.41, 5.74) is 9.21. The lowest BCUT2D eigenvalue weighted by Crippen LogP contribution is -2.30. The van der Waals surface area contributed by atoms with Gasteiger partial charge in [-0.3, -0.25) is 5.84 Å². The van der Waals surface area contributed by atoms with Gasteiger partial charge in [0.1, 0.15) is 11.6 Å². The normalized spacial score (nSPS) is 12.4. The van der Waals surface area contributed by atoms with Gasteiger partial charge in [-0.1, -0.05) is 29.8 Å². The van der Waals surface area contributed by atoms with Gasteiger partial charge in [0.05, 0.1) is 11.1 Å². The molecule has 0 spiro atoms. The van der Waals surface area contributed by atoms with Crippen LogP contribution in [0.5, 0.6) is 0 Å². The molecule has 1 aromatic heterocycles. The number of anilines is 1. The van der Waals surface area contributed by atoms with Crippen LogP contribution < -0.4 is 17.0 Å². The molecule has 0 radical (unpaired) electrons. The molecule has 1 heterocycles. The second kappa shape index (κ2) is 5.30. The lowest BCUT2D eigenvalue weighted by atomic mass is 9.99. The summed E-state index contributed by atoms with van der Waals surface area (Å²) in [6.45, 7) is 0. The number of aromatic nitrogens is 1. The lowest BCUT2D eigenvalue weighted by molar-refractivity contribution is 0.560. The Morgan fingerprint density at radius 3 is 2.61 bits per heavy atom. The van der Waals surface area contributed by atoms with Gasteiger partial charge in [0, 0.05) is 17.3 Å². The second-order valence-corrected chi connectivity index (χ2v) is 4.13. The maximum atomic E-state index is 14.0. The maximum absolute atomic E-state index is 14.0. The molecule has 0 fully saturated rings. The Morgan fingerprint density at radius 1 is 1.22 bits per heavy atom. The number of nitrogen functional groups attached to an aromatic ring is 1. The highest BCUT2D eigenvalue weighted by atomic mass is 35.5. The van der Waals surface area contributed by atoms with Crippen molar-refractivity contribution in [3.8, 4) is 0 Å². The largest absolute Gasteiger partial charge is 0.383 e. The van der Waals surface area contributed by atoms with Crippen LogP contribution >= 0.6 is 11.6 Å². The first kappa shape index (κ1) is 12.8. The first-order valence-electron chi connectivity index (χ1n) is 5.25. The molecular weight excluding hydrogens is 255 g/mol. The molecule has 4 nitrogen and oxygen atoms in total. The van der Waals surface area contributed by atoms with E-state index in [1.165, 1.54) is 6.07 Å². The summed E-state index contributed by atoms with van der Waals surface area (Å²) in [7, 11) is 0. The van der Waals surface area contributed by atoms with Crippen molar-refractivity contribution in [1.82, 2.24) is 10.4 Å². The van der Waals surface area contributed by atoms with Gasteiger partial charge in [-0.2, -0.15) is 0 Å². The molecule has 1 atom stereocenters. The quantitative estimate of drug-likeness (QED) is 0.587. The van der Waals surface area contributed by atoms with Gasteiger partial charge in [-0.25, -0.2) is 14.8 Å². The van der Waals surface area contributed by atoms with Gasteiger partial charge in [-0.05, 0) is 12.1 Å². The highest BCUT2D eigenvalue weighted by Gasteiger charge is 2.20. The molecule has 0 aliphatic rings. The highest BCUT2D eigenvalue weighted by molar-refractivity contribution is 6.30. The summed E-state index contributed by atoms with van der Waals surface area (Å²) in [5.74, 6) is 5.25. The minimum Gasteiger partial charge on any atom is -0.383 e. The van der Waals surface area contributed by atoms with Gasteiger partial charge >= 0.3 is 0 Å². The number of halogens is 2. The predicted molar refractivity (Wildman–Crippen MR) is 69.2 cm³/mol. The summed E-state index contributed by atoms with van der Waals surface area (Å²) in [6.07, 6.45) is 1.56. The van der Waals surface area contributed by atoms with Gasteiger partial charge < -0.3 is 5.73 Å². The fraction of sp³-hybridized carbons (Fsp3) is 0.0833. The Bertz CT molecular complexity index is 562. The number of nitrogens with two attached hydrogens (primary N) is 2. The average Bonchev–Trinajstić information content (AvgIpc) is 2.37. The van der Waals surface area contributed by atoms with E-state index < -0.39 is 11.9 Å². The average molecular weight is 267 g/mol. The van der Waals surface area contributed by atoms with Crippen LogP contribution in [0.3, 0.4) is 0 Å². The Morgan fingerprint density at radius 2 is 1.94 bits per heavy atom. The fourth-order valence-corrected chi connectivity index (χ4v) is 1.95. The molecule has 1 unspecified atom stereocenters. The number of hydrogen-bond donors (Lipinski definition) is 3. The van der Waals surface area contributed by atoms with Crippen molar-refractivity contribution in [2.75, 3.05) is 5.73 Å². The zero-order valence-corrected chi connectivity index (χ0v) is 10.2. The van der Waals surface area contributed by atoms with Crippen LogP contribution in [0.1, 0.15) is 17.2 Å². The monoisotopic (exact) mass is 266 g/mol. The van der Waals surface area contributed by atoms with E-state index in [1.807, 2.05) is 0 Å². The molecule has 0 aliphatic heterocycles. The van der Waals surface area contributed by atoms with Crippen molar-refractivity contribution in [3.63, 3.8) is 0 Å². The smallest absolute Gasteiger partial charge is 0.146 e. The fourth-order valence-electron chi connectivity index (χ4n) is 1.76. The minimum atomic E-state index is -0.600. The van der Waals surface area contributed by atoms with Gasteiger partial charge in [-0.15, -0.1) is 0 Å². The van der Waals surface area contributed by atoms with Crippen molar-refractivity contribution in [1.29, 1.82) is 0 Å². The maximum Gasteiger partial charge on any atom is 0.146 e. The van der Waals surface area contributed by atoms with Crippen LogP contribution in [-0.2, 0) is 0 Å². The van der Waals surface area contributed by atoms with Crippen LogP contribution in [0.4, 0.5) is 10.2 Å². The van der Waals surface area contributed by atoms with Crippen LogP contribution in [0.2, 0.25) is 5.02 Å². The van der Waals surface area contributed by atoms with E-state index in [4.69, 9.17) is 23.2 Å². The number of hydrazine groups is 1. The molecule has 0 aliphatic carbocycles. The van der Waals surface area contributed by atoms with Gasteiger partial charge in [0.15, 0.2) is 0 Å². The molecule has 0 saturated carbocycles. The van der Waals surface area contributed by atoms with Crippen molar-refractivity contribution < 1.29 is 4.39 Å². The number of hydrogen-bond acceptors (Lipinski definition) is 4. The Balaban J connectivity index is 2.53. The first-order valence-corrected chi connectivity index (χ1v) is 5.63. The Kier molecular flexibility index (Phi) is 3.76. The summed E-state index contributed by atoms with van der Waals surface area (Å²) >= 11 is 5.75. The lowest BCUT2D eigenvalue weighted by Gasteiger charge is -2.18. The zero-order chi connectivity index (χ0) is 13.1. The molecule has 0 bridgehead atoms. The number of nitrogens with one attached hydrogen (secondary N) is 1. The summed E-state index contributed by atoms with van der Waals surface area (Å²) < 4.78 is 14.0. The van der Waals surface area contributed by atoms with E-state index in [0.717, 1.165) is 0 Å². The van der Waals surface area contributed by atoms with E-state index >= 15 is 0 Å². The third-order valence-corrected chi connectivity index (χ3v) is 2.93. The van der Waals surface area contributed by atoms with Crippen LogP contribution in [0.15, 0.2) is 36.5 Å².